The largest absolute Gasteiger partial charge is 0.503 e. The van der Waals surface area contributed by atoms with E-state index in [9.17, 15) is 14.7 Å². The third-order valence-corrected chi connectivity index (χ3v) is 2.94. The third-order valence-electron chi connectivity index (χ3n) is 2.94. The minimum atomic E-state index is -0.496. The van der Waals surface area contributed by atoms with Crippen LogP contribution in [0.5, 0.6) is 5.75 Å². The SMILES string of the molecule is Cc1cc(=O)c(O)c(C(=O)N(C)C)n1C1CC1. The molecule has 1 aliphatic rings. The van der Waals surface area contributed by atoms with Gasteiger partial charge in [0.05, 0.1) is 0 Å². The number of hydrogen-bond donors (Lipinski definition) is 1. The first-order valence-corrected chi connectivity index (χ1v) is 5.60. The molecule has 5 nitrogen and oxygen atoms in total. The minimum Gasteiger partial charge on any atom is -0.503 e. The lowest BCUT2D eigenvalue weighted by molar-refractivity contribution is 0.0811. The zero-order chi connectivity index (χ0) is 12.7. The monoisotopic (exact) mass is 236 g/mol. The summed E-state index contributed by atoms with van der Waals surface area (Å²) in [4.78, 5) is 24.9. The van der Waals surface area contributed by atoms with Crippen molar-refractivity contribution in [3.63, 3.8) is 0 Å². The van der Waals surface area contributed by atoms with Crippen LogP contribution in [-0.4, -0.2) is 34.6 Å². The van der Waals surface area contributed by atoms with Gasteiger partial charge in [-0.3, -0.25) is 9.59 Å². The Bertz CT molecular complexity index is 527. The van der Waals surface area contributed by atoms with Gasteiger partial charge in [-0.25, -0.2) is 0 Å². The summed E-state index contributed by atoms with van der Waals surface area (Å²) in [6, 6.07) is 1.61. The molecule has 1 heterocycles. The molecule has 1 N–H and O–H groups in total. The summed E-state index contributed by atoms with van der Waals surface area (Å²) in [6.45, 7) is 1.78. The highest BCUT2D eigenvalue weighted by Crippen LogP contribution is 2.38. The molecular weight excluding hydrogens is 220 g/mol. The van der Waals surface area contributed by atoms with Crippen LogP contribution in [0.3, 0.4) is 0 Å². The number of aromatic hydroxyl groups is 1. The van der Waals surface area contributed by atoms with E-state index in [1.807, 2.05) is 0 Å². The fourth-order valence-corrected chi connectivity index (χ4v) is 1.95. The van der Waals surface area contributed by atoms with Gasteiger partial charge in [-0.05, 0) is 19.8 Å². The van der Waals surface area contributed by atoms with E-state index < -0.39 is 11.2 Å². The molecule has 0 bridgehead atoms. The van der Waals surface area contributed by atoms with Crippen molar-refractivity contribution in [1.82, 2.24) is 9.47 Å². The van der Waals surface area contributed by atoms with Crippen LogP contribution in [0.1, 0.15) is 35.1 Å². The predicted molar refractivity (Wildman–Crippen MR) is 63.4 cm³/mol. The maximum atomic E-state index is 12.0. The number of nitrogens with zero attached hydrogens (tertiary/aromatic N) is 2. The third kappa shape index (κ3) is 1.92. The molecule has 1 aromatic heterocycles. The Morgan fingerprint density at radius 1 is 1.47 bits per heavy atom. The summed E-state index contributed by atoms with van der Waals surface area (Å²) in [6.07, 6.45) is 1.97. The summed E-state index contributed by atoms with van der Waals surface area (Å²) < 4.78 is 1.78. The van der Waals surface area contributed by atoms with Crippen molar-refractivity contribution < 1.29 is 9.90 Å². The number of pyridine rings is 1. The Labute approximate surface area is 99.3 Å². The summed E-state index contributed by atoms with van der Waals surface area (Å²) in [5.74, 6) is -0.781. The van der Waals surface area contributed by atoms with Gasteiger partial charge in [0.2, 0.25) is 5.43 Å². The van der Waals surface area contributed by atoms with Crippen molar-refractivity contribution in [3.05, 3.63) is 27.7 Å². The first kappa shape index (κ1) is 11.7. The van der Waals surface area contributed by atoms with Crippen LogP contribution in [0.25, 0.3) is 0 Å². The lowest BCUT2D eigenvalue weighted by atomic mass is 10.2. The van der Waals surface area contributed by atoms with E-state index in [-0.39, 0.29) is 17.6 Å². The van der Waals surface area contributed by atoms with Crippen molar-refractivity contribution in [2.45, 2.75) is 25.8 Å². The van der Waals surface area contributed by atoms with Crippen molar-refractivity contribution >= 4 is 5.91 Å². The molecule has 0 atom stereocenters. The van der Waals surface area contributed by atoms with Gasteiger partial charge in [0.15, 0.2) is 11.4 Å². The fourth-order valence-electron chi connectivity index (χ4n) is 1.95. The average Bonchev–Trinajstić information content (AvgIpc) is 3.05. The summed E-state index contributed by atoms with van der Waals surface area (Å²) in [7, 11) is 3.21. The standard InChI is InChI=1S/C12H16N2O3/c1-7-6-9(15)11(16)10(12(17)13(2)3)14(7)8-4-5-8/h6,8,16H,4-5H2,1-3H3. The maximum Gasteiger partial charge on any atom is 0.273 e. The summed E-state index contributed by atoms with van der Waals surface area (Å²) >= 11 is 0. The molecule has 0 saturated heterocycles. The van der Waals surface area contributed by atoms with E-state index in [4.69, 9.17) is 0 Å². The first-order chi connectivity index (χ1) is 7.93. The van der Waals surface area contributed by atoms with Gasteiger partial charge in [0.1, 0.15) is 0 Å². The first-order valence-electron chi connectivity index (χ1n) is 5.60. The quantitative estimate of drug-likeness (QED) is 0.829. The van der Waals surface area contributed by atoms with Crippen LogP contribution in [0, 0.1) is 6.92 Å². The van der Waals surface area contributed by atoms with Crippen LogP contribution in [0.4, 0.5) is 0 Å². The maximum absolute atomic E-state index is 12.0. The zero-order valence-electron chi connectivity index (χ0n) is 10.2. The van der Waals surface area contributed by atoms with E-state index in [1.165, 1.54) is 11.0 Å². The number of carbonyl (C=O) groups is 1. The van der Waals surface area contributed by atoms with Gasteiger partial charge in [-0.15, -0.1) is 0 Å². The zero-order valence-corrected chi connectivity index (χ0v) is 10.2. The highest BCUT2D eigenvalue weighted by Gasteiger charge is 2.31. The molecule has 0 aliphatic heterocycles. The lowest BCUT2D eigenvalue weighted by Gasteiger charge is -2.19. The number of aryl methyl sites for hydroxylation is 1. The smallest absolute Gasteiger partial charge is 0.273 e. The Hall–Kier alpha value is -1.78. The van der Waals surface area contributed by atoms with E-state index in [0.29, 0.717) is 0 Å². The summed E-state index contributed by atoms with van der Waals surface area (Å²) in [5, 5.41) is 9.82. The fraction of sp³-hybridized carbons (Fsp3) is 0.500. The Morgan fingerprint density at radius 3 is 2.53 bits per heavy atom. The average molecular weight is 236 g/mol. The number of amides is 1. The van der Waals surface area contributed by atoms with Crippen LogP contribution >= 0.6 is 0 Å². The van der Waals surface area contributed by atoms with Gasteiger partial charge in [-0.1, -0.05) is 0 Å². The molecule has 1 aromatic rings. The van der Waals surface area contributed by atoms with E-state index in [2.05, 4.69) is 0 Å². The Morgan fingerprint density at radius 2 is 2.06 bits per heavy atom. The number of hydrogen-bond acceptors (Lipinski definition) is 3. The number of rotatable bonds is 2. The molecule has 1 aliphatic carbocycles. The van der Waals surface area contributed by atoms with Crippen molar-refractivity contribution in [2.75, 3.05) is 14.1 Å². The molecule has 1 saturated carbocycles. The van der Waals surface area contributed by atoms with Crippen molar-refractivity contribution in [2.24, 2.45) is 0 Å². The minimum absolute atomic E-state index is 0.113. The van der Waals surface area contributed by atoms with E-state index in [0.717, 1.165) is 18.5 Å². The molecule has 0 unspecified atom stereocenters. The molecular formula is C12H16N2O3. The van der Waals surface area contributed by atoms with Crippen LogP contribution < -0.4 is 5.43 Å². The molecule has 17 heavy (non-hydrogen) atoms. The second-order valence-corrected chi connectivity index (χ2v) is 4.65. The molecule has 2 rings (SSSR count). The highest BCUT2D eigenvalue weighted by atomic mass is 16.3. The Kier molecular flexibility index (Phi) is 2.69. The van der Waals surface area contributed by atoms with Crippen molar-refractivity contribution in [3.8, 4) is 5.75 Å². The topological polar surface area (TPSA) is 62.5 Å². The van der Waals surface area contributed by atoms with E-state index >= 15 is 0 Å². The van der Waals surface area contributed by atoms with Crippen LogP contribution in [-0.2, 0) is 0 Å². The molecule has 1 amide bonds. The molecule has 0 aromatic carbocycles. The predicted octanol–water partition coefficient (Wildman–Crippen LogP) is 0.899. The molecule has 92 valence electrons. The van der Waals surface area contributed by atoms with Gasteiger partial charge in [-0.2, -0.15) is 0 Å². The Balaban J connectivity index is 2.69. The second-order valence-electron chi connectivity index (χ2n) is 4.65. The van der Waals surface area contributed by atoms with E-state index in [1.54, 1.807) is 25.6 Å². The van der Waals surface area contributed by atoms with Gasteiger partial charge in [0, 0.05) is 31.9 Å². The normalized spacial score (nSPS) is 14.8. The highest BCUT2D eigenvalue weighted by molar-refractivity contribution is 5.95. The van der Waals surface area contributed by atoms with Gasteiger partial charge >= 0.3 is 0 Å². The molecule has 0 radical (unpaired) electrons. The van der Waals surface area contributed by atoms with Gasteiger partial charge in [0.25, 0.3) is 5.91 Å². The van der Waals surface area contributed by atoms with Crippen LogP contribution in [0.2, 0.25) is 0 Å². The lowest BCUT2D eigenvalue weighted by Crippen LogP contribution is -2.28. The number of carbonyl (C=O) groups excluding carboxylic acids is 1. The van der Waals surface area contributed by atoms with Gasteiger partial charge < -0.3 is 14.6 Å². The number of aromatic nitrogens is 1. The van der Waals surface area contributed by atoms with Crippen molar-refractivity contribution in [1.29, 1.82) is 0 Å². The molecule has 0 spiro atoms. The van der Waals surface area contributed by atoms with Crippen LogP contribution in [0.15, 0.2) is 10.9 Å². The second kappa shape index (κ2) is 3.91. The summed E-state index contributed by atoms with van der Waals surface area (Å²) in [5.41, 5.74) is 0.340. The molecule has 1 fully saturated rings. The molecule has 5 heteroatoms.